The Balaban J connectivity index is 1.80. The highest BCUT2D eigenvalue weighted by molar-refractivity contribution is 5.98. The lowest BCUT2D eigenvalue weighted by Gasteiger charge is -2.20. The molecule has 0 N–H and O–H groups in total. The average molecular weight is 309 g/mol. The van der Waals surface area contributed by atoms with Crippen molar-refractivity contribution in [2.24, 2.45) is 0 Å². The molecule has 1 nitrogen and oxygen atoms in total. The number of hydrogen-bond acceptors (Lipinski definition) is 1. The van der Waals surface area contributed by atoms with Crippen LogP contribution in [0.1, 0.15) is 0 Å². The van der Waals surface area contributed by atoms with Gasteiger partial charge < -0.3 is 4.90 Å². The summed E-state index contributed by atoms with van der Waals surface area (Å²) in [6.45, 7) is 0. The molecule has 4 rings (SSSR count). The Kier molecular flexibility index (Phi) is 3.76. The van der Waals surface area contributed by atoms with Gasteiger partial charge in [0.1, 0.15) is 0 Å². The Morgan fingerprint density at radius 1 is 0.583 bits per heavy atom. The van der Waals surface area contributed by atoms with Gasteiger partial charge in [-0.25, -0.2) is 0 Å². The molecule has 0 saturated heterocycles. The topological polar surface area (TPSA) is 3.24 Å². The van der Waals surface area contributed by atoms with Crippen molar-refractivity contribution in [3.63, 3.8) is 0 Å². The molecule has 0 bridgehead atoms. The van der Waals surface area contributed by atoms with Crippen LogP contribution in [0.2, 0.25) is 0 Å². The molecule has 24 heavy (non-hydrogen) atoms. The molecule has 0 fully saturated rings. The first-order chi connectivity index (χ1) is 11.8. The third kappa shape index (κ3) is 2.65. The smallest absolute Gasteiger partial charge is 0.0414 e. The fourth-order valence-corrected chi connectivity index (χ4v) is 3.15. The van der Waals surface area contributed by atoms with E-state index in [4.69, 9.17) is 0 Å². The highest BCUT2D eigenvalue weighted by Crippen LogP contribution is 2.32. The van der Waals surface area contributed by atoms with Gasteiger partial charge >= 0.3 is 0 Å². The Morgan fingerprint density at radius 3 is 2.04 bits per heavy atom. The molecule has 0 aliphatic heterocycles. The molecule has 0 aliphatic rings. The predicted octanol–water partition coefficient (Wildman–Crippen LogP) is 6.27. The zero-order valence-electron chi connectivity index (χ0n) is 13.7. The second-order valence-corrected chi connectivity index (χ2v) is 5.97. The minimum absolute atomic E-state index is 1.19. The van der Waals surface area contributed by atoms with Crippen molar-refractivity contribution < 1.29 is 0 Å². The van der Waals surface area contributed by atoms with Gasteiger partial charge in [0.05, 0.1) is 0 Å². The minimum Gasteiger partial charge on any atom is -0.345 e. The molecule has 0 amide bonds. The van der Waals surface area contributed by atoms with E-state index in [0.29, 0.717) is 0 Å². The van der Waals surface area contributed by atoms with Crippen molar-refractivity contribution in [3.8, 4) is 11.1 Å². The quantitative estimate of drug-likeness (QED) is 0.431. The van der Waals surface area contributed by atoms with E-state index in [1.165, 1.54) is 33.3 Å². The number of rotatable bonds is 3. The molecule has 0 aromatic heterocycles. The third-order valence-corrected chi connectivity index (χ3v) is 4.48. The molecule has 4 aromatic rings. The molecular weight excluding hydrogens is 290 g/mol. The SMILES string of the molecule is CN(c1ccccc1)c1ccc2c(-c3ccccc3)cccc2c1. The Hall–Kier alpha value is -3.06. The van der Waals surface area contributed by atoms with Gasteiger partial charge in [-0.3, -0.25) is 0 Å². The van der Waals surface area contributed by atoms with Crippen LogP contribution in [-0.4, -0.2) is 7.05 Å². The average Bonchev–Trinajstić information content (AvgIpc) is 2.68. The van der Waals surface area contributed by atoms with E-state index in [1.54, 1.807) is 0 Å². The molecule has 0 saturated carbocycles. The third-order valence-electron chi connectivity index (χ3n) is 4.48. The van der Waals surface area contributed by atoms with Gasteiger partial charge in [0.15, 0.2) is 0 Å². The van der Waals surface area contributed by atoms with Gasteiger partial charge in [0.2, 0.25) is 0 Å². The number of fused-ring (bicyclic) bond motifs is 1. The summed E-state index contributed by atoms with van der Waals surface area (Å²) in [6, 6.07) is 34.2. The zero-order valence-corrected chi connectivity index (χ0v) is 13.7. The minimum atomic E-state index is 1.19. The molecule has 0 spiro atoms. The van der Waals surface area contributed by atoms with Gasteiger partial charge in [-0.2, -0.15) is 0 Å². The molecule has 0 atom stereocenters. The van der Waals surface area contributed by atoms with Crippen LogP contribution in [0.5, 0.6) is 0 Å². The monoisotopic (exact) mass is 309 g/mol. The number of hydrogen-bond donors (Lipinski definition) is 0. The number of benzene rings is 4. The van der Waals surface area contributed by atoms with Gasteiger partial charge in [-0.1, -0.05) is 72.8 Å². The second kappa shape index (κ2) is 6.21. The second-order valence-electron chi connectivity index (χ2n) is 5.97. The largest absolute Gasteiger partial charge is 0.345 e. The van der Waals surface area contributed by atoms with Crippen LogP contribution < -0.4 is 4.90 Å². The maximum Gasteiger partial charge on any atom is 0.0414 e. The standard InChI is InChI=1S/C23H19N/c1-24(20-12-6-3-7-13-20)21-15-16-23-19(17-21)11-8-14-22(23)18-9-4-2-5-10-18/h2-17H,1H3. The summed E-state index contributed by atoms with van der Waals surface area (Å²) >= 11 is 0. The van der Waals surface area contributed by atoms with Crippen LogP contribution in [0, 0.1) is 0 Å². The highest BCUT2D eigenvalue weighted by Gasteiger charge is 2.07. The molecule has 1 heteroatoms. The van der Waals surface area contributed by atoms with Crippen molar-refractivity contribution in [3.05, 3.63) is 97.1 Å². The molecule has 4 aromatic carbocycles. The normalized spacial score (nSPS) is 10.7. The van der Waals surface area contributed by atoms with Crippen LogP contribution in [-0.2, 0) is 0 Å². The highest BCUT2D eigenvalue weighted by atomic mass is 15.1. The van der Waals surface area contributed by atoms with E-state index in [2.05, 4.69) is 103 Å². The fourth-order valence-electron chi connectivity index (χ4n) is 3.15. The Labute approximate surface area is 142 Å². The summed E-state index contributed by atoms with van der Waals surface area (Å²) in [5.74, 6) is 0. The maximum atomic E-state index is 2.26. The van der Waals surface area contributed by atoms with E-state index in [1.807, 2.05) is 6.07 Å². The summed E-state index contributed by atoms with van der Waals surface area (Å²) in [4.78, 5) is 2.22. The van der Waals surface area contributed by atoms with Crippen LogP contribution in [0.15, 0.2) is 97.1 Å². The summed E-state index contributed by atoms with van der Waals surface area (Å²) in [6.07, 6.45) is 0. The first-order valence-corrected chi connectivity index (χ1v) is 8.20. The van der Waals surface area contributed by atoms with E-state index in [-0.39, 0.29) is 0 Å². The summed E-state index contributed by atoms with van der Waals surface area (Å²) < 4.78 is 0. The van der Waals surface area contributed by atoms with Crippen molar-refractivity contribution in [1.29, 1.82) is 0 Å². The molecule has 0 unspecified atom stereocenters. The van der Waals surface area contributed by atoms with Gasteiger partial charge in [-0.15, -0.1) is 0 Å². The predicted molar refractivity (Wildman–Crippen MR) is 104 cm³/mol. The lowest BCUT2D eigenvalue weighted by atomic mass is 9.98. The van der Waals surface area contributed by atoms with E-state index < -0.39 is 0 Å². The lowest BCUT2D eigenvalue weighted by Crippen LogP contribution is -2.08. The molecule has 0 heterocycles. The van der Waals surface area contributed by atoms with Gasteiger partial charge in [0, 0.05) is 18.4 Å². The summed E-state index contributed by atoms with van der Waals surface area (Å²) in [5.41, 5.74) is 4.92. The van der Waals surface area contributed by atoms with Crippen molar-refractivity contribution in [2.75, 3.05) is 11.9 Å². The van der Waals surface area contributed by atoms with Crippen LogP contribution >= 0.6 is 0 Å². The molecule has 0 aliphatic carbocycles. The number of anilines is 2. The fraction of sp³-hybridized carbons (Fsp3) is 0.0435. The van der Waals surface area contributed by atoms with Crippen molar-refractivity contribution in [1.82, 2.24) is 0 Å². The zero-order chi connectivity index (χ0) is 16.4. The Morgan fingerprint density at radius 2 is 1.29 bits per heavy atom. The van der Waals surface area contributed by atoms with Crippen LogP contribution in [0.4, 0.5) is 11.4 Å². The van der Waals surface area contributed by atoms with Crippen LogP contribution in [0.3, 0.4) is 0 Å². The number of para-hydroxylation sites is 1. The summed E-state index contributed by atoms with van der Waals surface area (Å²) in [5, 5.41) is 2.55. The van der Waals surface area contributed by atoms with Crippen molar-refractivity contribution >= 4 is 22.1 Å². The van der Waals surface area contributed by atoms with E-state index in [0.717, 1.165) is 0 Å². The van der Waals surface area contributed by atoms with Crippen molar-refractivity contribution in [2.45, 2.75) is 0 Å². The van der Waals surface area contributed by atoms with Gasteiger partial charge in [0.25, 0.3) is 0 Å². The molecule has 116 valence electrons. The molecule has 0 radical (unpaired) electrons. The van der Waals surface area contributed by atoms with Gasteiger partial charge in [-0.05, 0) is 46.2 Å². The molecular formula is C23H19N. The van der Waals surface area contributed by atoms with E-state index >= 15 is 0 Å². The van der Waals surface area contributed by atoms with E-state index in [9.17, 15) is 0 Å². The Bertz CT molecular complexity index is 959. The van der Waals surface area contributed by atoms with Crippen LogP contribution in [0.25, 0.3) is 21.9 Å². The summed E-state index contributed by atoms with van der Waals surface area (Å²) in [7, 11) is 2.11. The maximum absolute atomic E-state index is 2.26. The first kappa shape index (κ1) is 14.5. The first-order valence-electron chi connectivity index (χ1n) is 8.20. The number of nitrogens with zero attached hydrogens (tertiary/aromatic N) is 1. The lowest BCUT2D eigenvalue weighted by molar-refractivity contribution is 1.21.